The van der Waals surface area contributed by atoms with Crippen LogP contribution >= 0.6 is 0 Å². The van der Waals surface area contributed by atoms with E-state index in [1.54, 1.807) is 0 Å². The van der Waals surface area contributed by atoms with Gasteiger partial charge in [0.1, 0.15) is 12.6 Å². The van der Waals surface area contributed by atoms with Gasteiger partial charge in [0.05, 0.1) is 24.1 Å². The van der Waals surface area contributed by atoms with E-state index in [2.05, 4.69) is 29.6 Å². The number of carbonyl (C=O) groups is 3. The molecule has 4 aliphatic rings. The second kappa shape index (κ2) is 8.37. The maximum Gasteiger partial charge on any atom is 0.407 e. The van der Waals surface area contributed by atoms with Crippen LogP contribution in [0.25, 0.3) is 11.1 Å². The molecule has 8 nitrogen and oxygen atoms in total. The number of fused-ring (bicyclic) bond motifs is 4. The zero-order valence-corrected chi connectivity index (χ0v) is 19.3. The lowest BCUT2D eigenvalue weighted by Crippen LogP contribution is -2.49. The van der Waals surface area contributed by atoms with Crippen LogP contribution in [0.2, 0.25) is 0 Å². The molecule has 0 radical (unpaired) electrons. The summed E-state index contributed by atoms with van der Waals surface area (Å²) >= 11 is 0. The molecule has 6 rings (SSSR count). The predicted molar refractivity (Wildman–Crippen MR) is 126 cm³/mol. The first-order valence-electron chi connectivity index (χ1n) is 12.2. The number of amides is 2. The van der Waals surface area contributed by atoms with Crippen molar-refractivity contribution >= 4 is 18.0 Å². The summed E-state index contributed by atoms with van der Waals surface area (Å²) in [6.07, 6.45) is 1.61. The second-order valence-electron chi connectivity index (χ2n) is 10.1. The summed E-state index contributed by atoms with van der Waals surface area (Å²) in [5.74, 6) is -1.29. The highest BCUT2D eigenvalue weighted by atomic mass is 16.5. The van der Waals surface area contributed by atoms with E-state index < -0.39 is 23.6 Å². The summed E-state index contributed by atoms with van der Waals surface area (Å²) in [5.41, 5.74) is 3.93. The quantitative estimate of drug-likeness (QED) is 0.663. The van der Waals surface area contributed by atoms with Crippen molar-refractivity contribution in [1.82, 2.24) is 10.2 Å². The van der Waals surface area contributed by atoms with Gasteiger partial charge in [-0.15, -0.1) is 0 Å². The number of nitrogens with zero attached hydrogens (tertiary/aromatic N) is 1. The Labute approximate surface area is 203 Å². The fraction of sp³-hybridized carbons (Fsp3) is 0.444. The minimum atomic E-state index is -1.01. The molecule has 3 unspecified atom stereocenters. The molecule has 3 atom stereocenters. The number of benzene rings is 2. The number of carbonyl (C=O) groups excluding carboxylic acids is 2. The van der Waals surface area contributed by atoms with Crippen LogP contribution in [-0.2, 0) is 19.1 Å². The highest BCUT2D eigenvalue weighted by molar-refractivity contribution is 5.86. The number of aliphatic carboxylic acids is 1. The number of hydrogen-bond acceptors (Lipinski definition) is 5. The molecule has 2 aliphatic heterocycles. The number of ether oxygens (including phenoxy) is 2. The van der Waals surface area contributed by atoms with E-state index in [4.69, 9.17) is 9.47 Å². The third-order valence-corrected chi connectivity index (χ3v) is 7.95. The van der Waals surface area contributed by atoms with Gasteiger partial charge in [-0.1, -0.05) is 48.5 Å². The van der Waals surface area contributed by atoms with Crippen molar-refractivity contribution in [3.63, 3.8) is 0 Å². The van der Waals surface area contributed by atoms with Crippen LogP contribution in [0.1, 0.15) is 49.1 Å². The zero-order valence-electron chi connectivity index (χ0n) is 19.3. The lowest BCUT2D eigenvalue weighted by Gasteiger charge is -2.29. The number of nitrogens with one attached hydrogen (secondary N) is 1. The Balaban J connectivity index is 1.10. The molecule has 1 saturated carbocycles. The topological polar surface area (TPSA) is 105 Å². The van der Waals surface area contributed by atoms with Crippen molar-refractivity contribution in [3.8, 4) is 11.1 Å². The van der Waals surface area contributed by atoms with Crippen LogP contribution in [0.5, 0.6) is 0 Å². The van der Waals surface area contributed by atoms with Crippen molar-refractivity contribution < 1.29 is 29.0 Å². The SMILES string of the molecule is O=C(NC1(CC(=O)N2C(C(=O)O)CC3OCCC32)CC1)OCC1c2ccccc2-c2ccccc21. The normalized spacial score (nSPS) is 25.5. The van der Waals surface area contributed by atoms with Crippen LogP contribution in [0.15, 0.2) is 48.5 Å². The van der Waals surface area contributed by atoms with Gasteiger partial charge >= 0.3 is 12.1 Å². The fourth-order valence-electron chi connectivity index (χ4n) is 6.05. The lowest BCUT2D eigenvalue weighted by atomic mass is 9.98. The average molecular weight is 477 g/mol. The van der Waals surface area contributed by atoms with Gasteiger partial charge in [-0.05, 0) is 41.5 Å². The van der Waals surface area contributed by atoms with Crippen molar-refractivity contribution in [2.45, 2.75) is 61.7 Å². The third-order valence-electron chi connectivity index (χ3n) is 7.95. The Morgan fingerprint density at radius 3 is 2.34 bits per heavy atom. The molecule has 2 aliphatic carbocycles. The Bertz CT molecular complexity index is 1150. The monoisotopic (exact) mass is 476 g/mol. The van der Waals surface area contributed by atoms with E-state index >= 15 is 0 Å². The summed E-state index contributed by atoms with van der Waals surface area (Å²) in [4.78, 5) is 39.2. The standard InChI is InChI=1S/C27H28N2O6/c30-24(29-21-9-12-34-23(21)13-22(29)25(31)32)14-27(10-11-27)28-26(33)35-15-20-18-7-3-1-5-16(18)17-6-2-4-8-19(17)20/h1-8,20-23H,9-15H2,(H,28,33)(H,31,32). The van der Waals surface area contributed by atoms with Crippen LogP contribution in [0, 0.1) is 0 Å². The number of alkyl carbamates (subject to hydrolysis) is 1. The molecule has 2 amide bonds. The average Bonchev–Trinajstić information content (AvgIpc) is 3.19. The van der Waals surface area contributed by atoms with Crippen molar-refractivity contribution in [3.05, 3.63) is 59.7 Å². The molecule has 2 N–H and O–H groups in total. The molecule has 2 aromatic rings. The number of carboxylic acids is 1. The second-order valence-corrected chi connectivity index (χ2v) is 10.1. The Morgan fingerprint density at radius 2 is 1.71 bits per heavy atom. The van der Waals surface area contributed by atoms with Crippen molar-refractivity contribution in [2.75, 3.05) is 13.2 Å². The summed E-state index contributed by atoms with van der Waals surface area (Å²) in [7, 11) is 0. The molecular weight excluding hydrogens is 448 g/mol. The maximum atomic E-state index is 13.2. The van der Waals surface area contributed by atoms with E-state index in [-0.39, 0.29) is 37.0 Å². The molecular formula is C27H28N2O6. The van der Waals surface area contributed by atoms with E-state index in [1.807, 2.05) is 24.3 Å². The maximum absolute atomic E-state index is 13.2. The van der Waals surface area contributed by atoms with Gasteiger partial charge in [-0.2, -0.15) is 0 Å². The molecule has 0 bridgehead atoms. The van der Waals surface area contributed by atoms with Crippen LogP contribution < -0.4 is 5.32 Å². The highest BCUT2D eigenvalue weighted by Crippen LogP contribution is 2.45. The summed E-state index contributed by atoms with van der Waals surface area (Å²) in [6, 6.07) is 15.2. The minimum absolute atomic E-state index is 0.0369. The van der Waals surface area contributed by atoms with E-state index in [0.29, 0.717) is 32.3 Å². The first kappa shape index (κ1) is 22.1. The molecule has 2 saturated heterocycles. The molecule has 2 heterocycles. The van der Waals surface area contributed by atoms with Crippen molar-refractivity contribution in [2.24, 2.45) is 0 Å². The van der Waals surface area contributed by atoms with Crippen molar-refractivity contribution in [1.29, 1.82) is 0 Å². The van der Waals surface area contributed by atoms with Crippen LogP contribution in [0.4, 0.5) is 4.79 Å². The Morgan fingerprint density at radius 1 is 1.06 bits per heavy atom. The third kappa shape index (κ3) is 3.86. The zero-order chi connectivity index (χ0) is 24.2. The molecule has 0 spiro atoms. The van der Waals surface area contributed by atoms with Gasteiger partial charge in [-0.25, -0.2) is 9.59 Å². The first-order chi connectivity index (χ1) is 17.0. The highest BCUT2D eigenvalue weighted by Gasteiger charge is 2.53. The van der Waals surface area contributed by atoms with Gasteiger partial charge in [-0.3, -0.25) is 4.79 Å². The number of rotatable bonds is 6. The number of carboxylic acid groups (broad SMARTS) is 1. The number of hydrogen-bond donors (Lipinski definition) is 2. The molecule has 35 heavy (non-hydrogen) atoms. The Kier molecular flexibility index (Phi) is 5.29. The molecule has 0 aromatic heterocycles. The summed E-state index contributed by atoms with van der Waals surface area (Å²) in [6.45, 7) is 0.743. The number of likely N-dealkylation sites (tertiary alicyclic amines) is 1. The van der Waals surface area contributed by atoms with Gasteiger partial charge in [0, 0.05) is 18.9 Å². The van der Waals surface area contributed by atoms with Crippen LogP contribution in [-0.4, -0.2) is 64.9 Å². The Hall–Kier alpha value is -3.39. The fourth-order valence-corrected chi connectivity index (χ4v) is 6.05. The molecule has 2 aromatic carbocycles. The van der Waals surface area contributed by atoms with E-state index in [9.17, 15) is 19.5 Å². The summed E-state index contributed by atoms with van der Waals surface area (Å²) in [5, 5.41) is 12.5. The molecule has 182 valence electrons. The van der Waals surface area contributed by atoms with Gasteiger partial charge < -0.3 is 24.8 Å². The van der Waals surface area contributed by atoms with E-state index in [1.165, 1.54) is 4.90 Å². The smallest absolute Gasteiger partial charge is 0.407 e. The summed E-state index contributed by atoms with van der Waals surface area (Å²) < 4.78 is 11.3. The minimum Gasteiger partial charge on any atom is -0.480 e. The van der Waals surface area contributed by atoms with Gasteiger partial charge in [0.15, 0.2) is 0 Å². The van der Waals surface area contributed by atoms with Gasteiger partial charge in [0.2, 0.25) is 5.91 Å². The van der Waals surface area contributed by atoms with E-state index in [0.717, 1.165) is 22.3 Å². The first-order valence-corrected chi connectivity index (χ1v) is 12.2. The van der Waals surface area contributed by atoms with Crippen LogP contribution in [0.3, 0.4) is 0 Å². The predicted octanol–water partition coefficient (Wildman–Crippen LogP) is 3.29. The molecule has 8 heteroatoms. The lowest BCUT2D eigenvalue weighted by molar-refractivity contribution is -0.150. The van der Waals surface area contributed by atoms with Gasteiger partial charge in [0.25, 0.3) is 0 Å². The molecule has 3 fully saturated rings. The largest absolute Gasteiger partial charge is 0.480 e.